The van der Waals surface area contributed by atoms with Crippen molar-refractivity contribution in [3.8, 4) is 0 Å². The number of rotatable bonds is 6. The number of aryl methyl sites for hydroxylation is 1. The van der Waals surface area contributed by atoms with Gasteiger partial charge in [0.2, 0.25) is 10.0 Å². The Morgan fingerprint density at radius 3 is 2.41 bits per heavy atom. The molecule has 1 saturated heterocycles. The number of pyridine rings is 1. The van der Waals surface area contributed by atoms with E-state index < -0.39 is 10.0 Å². The average Bonchev–Trinajstić information content (AvgIpc) is 2.83. The number of aromatic nitrogens is 1. The van der Waals surface area contributed by atoms with Crippen molar-refractivity contribution < 1.29 is 13.2 Å². The number of sulfonamides is 1. The first-order chi connectivity index (χ1) is 16.2. The van der Waals surface area contributed by atoms with Crippen molar-refractivity contribution in [3.63, 3.8) is 0 Å². The highest BCUT2D eigenvalue weighted by molar-refractivity contribution is 7.89. The SMILES string of the molecule is Cc1ccccc1C(=O)NC(C)c1cc(N2CCC(S(=O)(=O)N(C)C)CC2)nc2ccccc12. The number of benzene rings is 2. The second kappa shape index (κ2) is 9.72. The lowest BCUT2D eigenvalue weighted by Crippen LogP contribution is -2.43. The van der Waals surface area contributed by atoms with Gasteiger partial charge in [-0.15, -0.1) is 0 Å². The van der Waals surface area contributed by atoms with Crippen LogP contribution in [-0.4, -0.2) is 56.0 Å². The zero-order valence-electron chi connectivity index (χ0n) is 20.2. The van der Waals surface area contributed by atoms with Crippen LogP contribution in [0.2, 0.25) is 0 Å². The predicted molar refractivity (Wildman–Crippen MR) is 137 cm³/mol. The molecule has 0 spiro atoms. The summed E-state index contributed by atoms with van der Waals surface area (Å²) in [5.74, 6) is 0.703. The summed E-state index contributed by atoms with van der Waals surface area (Å²) in [6.07, 6.45) is 1.12. The molecule has 1 fully saturated rings. The van der Waals surface area contributed by atoms with Gasteiger partial charge < -0.3 is 10.2 Å². The molecule has 0 saturated carbocycles. The molecule has 0 bridgehead atoms. The number of nitrogens with zero attached hydrogens (tertiary/aromatic N) is 3. The lowest BCUT2D eigenvalue weighted by atomic mass is 10.0. The van der Waals surface area contributed by atoms with E-state index in [1.807, 2.05) is 68.4 Å². The van der Waals surface area contributed by atoms with E-state index in [0.717, 1.165) is 27.8 Å². The molecule has 1 aliphatic rings. The Hall–Kier alpha value is -2.97. The summed E-state index contributed by atoms with van der Waals surface area (Å²) >= 11 is 0. The molecule has 2 aromatic carbocycles. The second-order valence-corrected chi connectivity index (χ2v) is 11.5. The normalized spacial score (nSPS) is 16.1. The van der Waals surface area contributed by atoms with Gasteiger partial charge in [0.1, 0.15) is 5.82 Å². The summed E-state index contributed by atoms with van der Waals surface area (Å²) in [4.78, 5) is 20.0. The monoisotopic (exact) mass is 480 g/mol. The van der Waals surface area contributed by atoms with Crippen molar-refractivity contribution in [3.05, 3.63) is 71.3 Å². The van der Waals surface area contributed by atoms with E-state index in [1.54, 1.807) is 14.1 Å². The van der Waals surface area contributed by atoms with Crippen LogP contribution in [-0.2, 0) is 10.0 Å². The first-order valence-electron chi connectivity index (χ1n) is 11.6. The number of fused-ring (bicyclic) bond motifs is 1. The fourth-order valence-corrected chi connectivity index (χ4v) is 5.97. The molecular formula is C26H32N4O3S. The molecule has 34 heavy (non-hydrogen) atoms. The second-order valence-electron chi connectivity index (χ2n) is 9.11. The van der Waals surface area contributed by atoms with Crippen molar-refractivity contribution in [2.45, 2.75) is 38.0 Å². The van der Waals surface area contributed by atoms with Crippen LogP contribution < -0.4 is 10.2 Å². The van der Waals surface area contributed by atoms with E-state index in [-0.39, 0.29) is 17.2 Å². The maximum atomic E-state index is 13.0. The van der Waals surface area contributed by atoms with Gasteiger partial charge in [0.25, 0.3) is 5.91 Å². The minimum absolute atomic E-state index is 0.109. The van der Waals surface area contributed by atoms with Crippen molar-refractivity contribution in [2.75, 3.05) is 32.1 Å². The lowest BCUT2D eigenvalue weighted by Gasteiger charge is -2.34. The van der Waals surface area contributed by atoms with Crippen molar-refractivity contribution in [2.24, 2.45) is 0 Å². The van der Waals surface area contributed by atoms with Crippen LogP contribution >= 0.6 is 0 Å². The first-order valence-corrected chi connectivity index (χ1v) is 13.1. The fraction of sp³-hybridized carbons (Fsp3) is 0.385. The number of hydrogen-bond acceptors (Lipinski definition) is 5. The van der Waals surface area contributed by atoms with E-state index in [9.17, 15) is 13.2 Å². The molecule has 1 aliphatic heterocycles. The topological polar surface area (TPSA) is 82.6 Å². The zero-order chi connectivity index (χ0) is 24.5. The summed E-state index contributed by atoms with van der Waals surface area (Å²) in [5.41, 5.74) is 3.45. The molecule has 1 aromatic heterocycles. The van der Waals surface area contributed by atoms with Gasteiger partial charge in [-0.3, -0.25) is 4.79 Å². The van der Waals surface area contributed by atoms with E-state index in [2.05, 4.69) is 10.2 Å². The van der Waals surface area contributed by atoms with Gasteiger partial charge in [-0.1, -0.05) is 36.4 Å². The molecule has 3 aromatic rings. The Kier molecular flexibility index (Phi) is 6.91. The van der Waals surface area contributed by atoms with Gasteiger partial charge in [0.15, 0.2) is 0 Å². The minimum atomic E-state index is -3.27. The van der Waals surface area contributed by atoms with Crippen LogP contribution in [0.3, 0.4) is 0 Å². The van der Waals surface area contributed by atoms with E-state index in [4.69, 9.17) is 4.98 Å². The highest BCUT2D eigenvalue weighted by atomic mass is 32.2. The van der Waals surface area contributed by atoms with Gasteiger partial charge >= 0.3 is 0 Å². The molecule has 180 valence electrons. The summed E-state index contributed by atoms with van der Waals surface area (Å²) in [5, 5.41) is 3.77. The molecule has 1 unspecified atom stereocenters. The Balaban J connectivity index is 1.60. The Bertz CT molecular complexity index is 1300. The summed E-state index contributed by atoms with van der Waals surface area (Å²) in [6, 6.07) is 17.3. The summed E-state index contributed by atoms with van der Waals surface area (Å²) in [6.45, 7) is 5.15. The lowest BCUT2D eigenvalue weighted by molar-refractivity contribution is 0.0939. The number of para-hydroxylation sites is 1. The number of anilines is 1. The molecule has 0 radical (unpaired) electrons. The molecular weight excluding hydrogens is 448 g/mol. The molecule has 0 aliphatic carbocycles. The van der Waals surface area contributed by atoms with Crippen molar-refractivity contribution >= 4 is 32.7 Å². The Morgan fingerprint density at radius 1 is 1.09 bits per heavy atom. The van der Waals surface area contributed by atoms with Gasteiger partial charge in [0, 0.05) is 38.1 Å². The molecule has 4 rings (SSSR count). The number of carbonyl (C=O) groups excluding carboxylic acids is 1. The van der Waals surface area contributed by atoms with Crippen molar-refractivity contribution in [1.82, 2.24) is 14.6 Å². The number of amides is 1. The smallest absolute Gasteiger partial charge is 0.252 e. The number of carbonyl (C=O) groups is 1. The van der Waals surface area contributed by atoms with Gasteiger partial charge in [-0.25, -0.2) is 17.7 Å². The van der Waals surface area contributed by atoms with Gasteiger partial charge in [-0.05, 0) is 56.0 Å². The third kappa shape index (κ3) is 4.79. The number of hydrogen-bond donors (Lipinski definition) is 1. The largest absolute Gasteiger partial charge is 0.357 e. The minimum Gasteiger partial charge on any atom is -0.357 e. The maximum Gasteiger partial charge on any atom is 0.252 e. The Labute approximate surface area is 201 Å². The van der Waals surface area contributed by atoms with E-state index in [1.165, 1.54) is 4.31 Å². The third-order valence-corrected chi connectivity index (χ3v) is 8.97. The molecule has 2 heterocycles. The third-order valence-electron chi connectivity index (χ3n) is 6.63. The molecule has 1 atom stereocenters. The highest BCUT2D eigenvalue weighted by Crippen LogP contribution is 2.30. The highest BCUT2D eigenvalue weighted by Gasteiger charge is 2.32. The van der Waals surface area contributed by atoms with Gasteiger partial charge in [0.05, 0.1) is 16.8 Å². The van der Waals surface area contributed by atoms with E-state index >= 15 is 0 Å². The molecule has 1 amide bonds. The fourth-order valence-electron chi connectivity index (χ4n) is 4.57. The van der Waals surface area contributed by atoms with Crippen LogP contribution in [0.25, 0.3) is 10.9 Å². The van der Waals surface area contributed by atoms with Crippen LogP contribution in [0.15, 0.2) is 54.6 Å². The van der Waals surface area contributed by atoms with Crippen LogP contribution in [0, 0.1) is 6.92 Å². The standard InChI is InChI=1S/C26H32N4O3S/c1-18-9-5-6-10-21(18)26(31)27-19(2)23-17-25(28-24-12-8-7-11-22(23)24)30-15-13-20(14-16-30)34(32,33)29(3)4/h5-12,17,19-20H,13-16H2,1-4H3,(H,27,31). The average molecular weight is 481 g/mol. The van der Waals surface area contributed by atoms with Crippen LogP contribution in [0.1, 0.15) is 47.3 Å². The van der Waals surface area contributed by atoms with E-state index in [0.29, 0.717) is 31.5 Å². The number of nitrogens with one attached hydrogen (secondary N) is 1. The van der Waals surface area contributed by atoms with Crippen molar-refractivity contribution in [1.29, 1.82) is 0 Å². The molecule has 7 nitrogen and oxygen atoms in total. The summed E-state index contributed by atoms with van der Waals surface area (Å²) < 4.78 is 26.4. The predicted octanol–water partition coefficient (Wildman–Crippen LogP) is 3.89. The van der Waals surface area contributed by atoms with Crippen LogP contribution in [0.5, 0.6) is 0 Å². The Morgan fingerprint density at radius 2 is 1.74 bits per heavy atom. The molecule has 8 heteroatoms. The quantitative estimate of drug-likeness (QED) is 0.579. The number of piperidine rings is 1. The molecule has 1 N–H and O–H groups in total. The zero-order valence-corrected chi connectivity index (χ0v) is 21.0. The maximum absolute atomic E-state index is 13.0. The van der Waals surface area contributed by atoms with Crippen LogP contribution in [0.4, 0.5) is 5.82 Å². The van der Waals surface area contributed by atoms with Gasteiger partial charge in [-0.2, -0.15) is 0 Å². The first kappa shape index (κ1) is 24.2. The summed E-state index contributed by atoms with van der Waals surface area (Å²) in [7, 11) is -0.0889.